The molecule has 0 saturated carbocycles. The summed E-state index contributed by atoms with van der Waals surface area (Å²) < 4.78 is 20.8. The Morgan fingerprint density at radius 1 is 0.708 bits per heavy atom. The summed E-state index contributed by atoms with van der Waals surface area (Å²) in [4.78, 5) is 0. The molecule has 0 radical (unpaired) electrons. The van der Waals surface area contributed by atoms with Crippen molar-refractivity contribution in [3.63, 3.8) is 0 Å². The molecule has 7 N–H and O–H groups in total. The van der Waals surface area contributed by atoms with Gasteiger partial charge in [-0.1, -0.05) is 0 Å². The highest BCUT2D eigenvalue weighted by Crippen LogP contribution is 2.29. The van der Waals surface area contributed by atoms with Gasteiger partial charge in [0, 0.05) is 7.11 Å². The van der Waals surface area contributed by atoms with E-state index in [1.165, 1.54) is 7.11 Å². The second kappa shape index (κ2) is 8.29. The molecule has 2 fully saturated rings. The first-order valence-electron chi connectivity index (χ1n) is 7.46. The van der Waals surface area contributed by atoms with Crippen LogP contribution in [0.15, 0.2) is 0 Å². The average molecular weight is 356 g/mol. The van der Waals surface area contributed by atoms with Gasteiger partial charge in [0.2, 0.25) is 0 Å². The molecule has 0 aromatic carbocycles. The Morgan fingerprint density at radius 3 is 1.71 bits per heavy atom. The maximum Gasteiger partial charge on any atom is 0.187 e. The van der Waals surface area contributed by atoms with Crippen LogP contribution in [-0.2, 0) is 18.9 Å². The van der Waals surface area contributed by atoms with Crippen LogP contribution >= 0.6 is 0 Å². The topological polar surface area (TPSA) is 179 Å². The maximum atomic E-state index is 10.2. The molecular formula is C13H24O11. The van der Waals surface area contributed by atoms with Gasteiger partial charge in [-0.2, -0.15) is 0 Å². The van der Waals surface area contributed by atoms with E-state index >= 15 is 0 Å². The number of rotatable bonds is 5. The van der Waals surface area contributed by atoms with E-state index in [0.717, 1.165) is 0 Å². The summed E-state index contributed by atoms with van der Waals surface area (Å²) in [5.41, 5.74) is 0. The molecule has 2 saturated heterocycles. The summed E-state index contributed by atoms with van der Waals surface area (Å²) in [6.45, 7) is -1.21. The number of ether oxygens (including phenoxy) is 4. The van der Waals surface area contributed by atoms with Gasteiger partial charge in [-0.3, -0.25) is 0 Å². The van der Waals surface area contributed by atoms with Crippen molar-refractivity contribution in [2.45, 2.75) is 61.4 Å². The zero-order valence-corrected chi connectivity index (χ0v) is 13.0. The molecule has 10 atom stereocenters. The third kappa shape index (κ3) is 3.71. The molecule has 24 heavy (non-hydrogen) atoms. The molecule has 0 aromatic heterocycles. The van der Waals surface area contributed by atoms with Crippen LogP contribution in [0.1, 0.15) is 0 Å². The lowest BCUT2D eigenvalue weighted by atomic mass is 9.97. The molecule has 0 aromatic rings. The van der Waals surface area contributed by atoms with Gasteiger partial charge in [-0.15, -0.1) is 0 Å². The van der Waals surface area contributed by atoms with Crippen LogP contribution in [0.25, 0.3) is 0 Å². The summed E-state index contributed by atoms with van der Waals surface area (Å²) >= 11 is 0. The zero-order valence-electron chi connectivity index (χ0n) is 13.0. The first-order chi connectivity index (χ1) is 11.3. The summed E-state index contributed by atoms with van der Waals surface area (Å²) in [5, 5.41) is 67.8. The normalized spacial score (nSPS) is 50.0. The quantitative estimate of drug-likeness (QED) is 0.251. The summed E-state index contributed by atoms with van der Waals surface area (Å²) in [6, 6.07) is 0. The number of hydrogen-bond donors (Lipinski definition) is 7. The second-order valence-electron chi connectivity index (χ2n) is 5.74. The van der Waals surface area contributed by atoms with Gasteiger partial charge >= 0.3 is 0 Å². The lowest BCUT2D eigenvalue weighted by molar-refractivity contribution is -0.364. The lowest BCUT2D eigenvalue weighted by Crippen LogP contribution is -2.64. The largest absolute Gasteiger partial charge is 0.394 e. The maximum absolute atomic E-state index is 10.2. The Balaban J connectivity index is 2.12. The van der Waals surface area contributed by atoms with E-state index in [1.54, 1.807) is 0 Å². The van der Waals surface area contributed by atoms with Crippen LogP contribution in [0.3, 0.4) is 0 Å². The van der Waals surface area contributed by atoms with Crippen LogP contribution in [-0.4, -0.2) is 117 Å². The fraction of sp³-hybridized carbons (Fsp3) is 1.00. The second-order valence-corrected chi connectivity index (χ2v) is 5.74. The molecule has 2 aliphatic heterocycles. The van der Waals surface area contributed by atoms with Gasteiger partial charge in [0.25, 0.3) is 0 Å². The smallest absolute Gasteiger partial charge is 0.187 e. The van der Waals surface area contributed by atoms with E-state index in [0.29, 0.717) is 0 Å². The van der Waals surface area contributed by atoms with Crippen molar-refractivity contribution in [2.24, 2.45) is 0 Å². The molecule has 0 spiro atoms. The number of aliphatic hydroxyl groups is 7. The van der Waals surface area contributed by atoms with E-state index in [4.69, 9.17) is 29.2 Å². The van der Waals surface area contributed by atoms with Gasteiger partial charge in [-0.25, -0.2) is 0 Å². The highest BCUT2D eigenvalue weighted by atomic mass is 16.8. The highest BCUT2D eigenvalue weighted by Gasteiger charge is 2.50. The number of methoxy groups -OCH3 is 1. The number of hydrogen-bond acceptors (Lipinski definition) is 11. The van der Waals surface area contributed by atoms with Crippen LogP contribution in [0.4, 0.5) is 0 Å². The average Bonchev–Trinajstić information content (AvgIpc) is 2.59. The Kier molecular flexibility index (Phi) is 6.87. The zero-order chi connectivity index (χ0) is 18.0. The first-order valence-corrected chi connectivity index (χ1v) is 7.46. The summed E-state index contributed by atoms with van der Waals surface area (Å²) in [7, 11) is 1.24. The van der Waals surface area contributed by atoms with E-state index in [2.05, 4.69) is 0 Å². The fourth-order valence-electron chi connectivity index (χ4n) is 2.73. The van der Waals surface area contributed by atoms with Crippen molar-refractivity contribution < 1.29 is 54.7 Å². The Morgan fingerprint density at radius 2 is 1.21 bits per heavy atom. The molecular weight excluding hydrogens is 332 g/mol. The van der Waals surface area contributed by atoms with E-state index < -0.39 is 74.6 Å². The molecule has 0 bridgehead atoms. The minimum absolute atomic E-state index is 0.565. The van der Waals surface area contributed by atoms with Crippen molar-refractivity contribution in [1.29, 1.82) is 0 Å². The van der Waals surface area contributed by atoms with Gasteiger partial charge in [0.15, 0.2) is 12.6 Å². The summed E-state index contributed by atoms with van der Waals surface area (Å²) in [5.74, 6) is 0. The molecule has 0 amide bonds. The third-order valence-corrected chi connectivity index (χ3v) is 4.20. The first kappa shape index (κ1) is 19.9. The predicted octanol–water partition coefficient (Wildman–Crippen LogP) is -4.74. The SMILES string of the molecule is CO[C@H]1O[C@H](CO)[C@@H](O)[C@H](O)[C@H]1O[C@@H]1O[C@H](CO)[C@@H](O)[C@H](O)[C@H]1O. The lowest BCUT2D eigenvalue weighted by Gasteiger charge is -2.45. The van der Waals surface area contributed by atoms with Crippen LogP contribution in [0.5, 0.6) is 0 Å². The molecule has 0 unspecified atom stereocenters. The van der Waals surface area contributed by atoms with Gasteiger partial charge < -0.3 is 54.7 Å². The standard InChI is InChI=1S/C13H24O11/c1-21-13-11(9(19)7(17)5(3-15)23-13)24-12-10(20)8(18)6(16)4(2-14)22-12/h4-20H,2-3H2,1H3/t4-,5-,6-,7-,8+,9+,10-,11-,12+,13+/m1/s1. The predicted molar refractivity (Wildman–Crippen MR) is 73.4 cm³/mol. The van der Waals surface area contributed by atoms with Crippen molar-refractivity contribution in [1.82, 2.24) is 0 Å². The third-order valence-electron chi connectivity index (χ3n) is 4.20. The number of aliphatic hydroxyl groups excluding tert-OH is 7. The van der Waals surface area contributed by atoms with Crippen molar-refractivity contribution >= 4 is 0 Å². The summed E-state index contributed by atoms with van der Waals surface area (Å²) in [6.07, 6.45) is -14.3. The van der Waals surface area contributed by atoms with Crippen LogP contribution < -0.4 is 0 Å². The fourth-order valence-corrected chi connectivity index (χ4v) is 2.73. The van der Waals surface area contributed by atoms with Crippen molar-refractivity contribution in [3.8, 4) is 0 Å². The Bertz CT molecular complexity index is 392. The van der Waals surface area contributed by atoms with E-state index in [-0.39, 0.29) is 0 Å². The molecule has 2 heterocycles. The Hall–Kier alpha value is -0.440. The van der Waals surface area contributed by atoms with E-state index in [9.17, 15) is 25.5 Å². The van der Waals surface area contributed by atoms with Crippen LogP contribution in [0.2, 0.25) is 0 Å². The monoisotopic (exact) mass is 356 g/mol. The van der Waals surface area contributed by atoms with Gasteiger partial charge in [-0.05, 0) is 0 Å². The van der Waals surface area contributed by atoms with Gasteiger partial charge in [0.05, 0.1) is 13.2 Å². The minimum Gasteiger partial charge on any atom is -0.394 e. The molecule has 11 nitrogen and oxygen atoms in total. The molecule has 2 aliphatic rings. The minimum atomic E-state index is -1.68. The van der Waals surface area contributed by atoms with Crippen molar-refractivity contribution in [2.75, 3.05) is 20.3 Å². The molecule has 0 aliphatic carbocycles. The highest BCUT2D eigenvalue weighted by molar-refractivity contribution is 4.93. The Labute approximate surface area is 137 Å². The molecule has 142 valence electrons. The van der Waals surface area contributed by atoms with E-state index in [1.807, 2.05) is 0 Å². The van der Waals surface area contributed by atoms with Crippen LogP contribution in [0, 0.1) is 0 Å². The van der Waals surface area contributed by atoms with Crippen molar-refractivity contribution in [3.05, 3.63) is 0 Å². The molecule has 11 heteroatoms. The van der Waals surface area contributed by atoms with Gasteiger partial charge in [0.1, 0.15) is 48.8 Å². The molecule has 2 rings (SSSR count).